The van der Waals surface area contributed by atoms with E-state index in [9.17, 15) is 13.2 Å². The third-order valence-electron chi connectivity index (χ3n) is 4.23. The number of hydrogen-bond donors (Lipinski definition) is 1. The molecule has 1 unspecified atom stereocenters. The number of hydrogen-bond acceptors (Lipinski definition) is 5. The van der Waals surface area contributed by atoms with Crippen LogP contribution in [0.5, 0.6) is 0 Å². The largest absolute Gasteiger partial charge is 0.360 e. The van der Waals surface area contributed by atoms with Crippen molar-refractivity contribution in [2.75, 3.05) is 11.9 Å². The maximum atomic E-state index is 13.0. The second-order valence-electron chi connectivity index (χ2n) is 6.04. The number of nitrogens with zero attached hydrogens (tertiary/aromatic N) is 2. The molecule has 1 aliphatic heterocycles. The minimum Gasteiger partial charge on any atom is -0.360 e. The lowest BCUT2D eigenvalue weighted by Crippen LogP contribution is -2.43. The highest BCUT2D eigenvalue weighted by atomic mass is 35.5. The molecule has 2 heterocycles. The van der Waals surface area contributed by atoms with Crippen LogP contribution in [0.2, 0.25) is 10.0 Å². The first kappa shape index (κ1) is 19.2. The fourth-order valence-corrected chi connectivity index (χ4v) is 5.46. The van der Waals surface area contributed by atoms with Crippen molar-refractivity contribution in [2.45, 2.75) is 37.6 Å². The third kappa shape index (κ3) is 3.46. The number of halogens is 2. The maximum absolute atomic E-state index is 13.0. The van der Waals surface area contributed by atoms with E-state index in [1.165, 1.54) is 17.3 Å². The first-order chi connectivity index (χ1) is 12.2. The Labute approximate surface area is 161 Å². The van der Waals surface area contributed by atoms with E-state index < -0.39 is 22.0 Å². The number of nitrogens with one attached hydrogen (secondary N) is 1. The molecule has 140 valence electrons. The molecule has 0 bridgehead atoms. The molecular weight excluding hydrogens is 401 g/mol. The molecule has 1 aromatic heterocycles. The normalized spacial score (nSPS) is 18.2. The van der Waals surface area contributed by atoms with E-state index in [4.69, 9.17) is 27.7 Å². The fraction of sp³-hybridized carbons (Fsp3) is 0.375. The standard InChI is InChI=1S/C16H17Cl2N3O4S/c1-9-15(10(2)25-20-9)26(23,24)21-7-3-4-14(21)16(22)19-13-6-5-11(17)8-12(13)18/h5-6,8,14H,3-4,7H2,1-2H3,(H,19,22). The lowest BCUT2D eigenvalue weighted by molar-refractivity contribution is -0.119. The second-order valence-corrected chi connectivity index (χ2v) is 8.71. The van der Waals surface area contributed by atoms with Crippen LogP contribution in [0.25, 0.3) is 0 Å². The lowest BCUT2D eigenvalue weighted by Gasteiger charge is -2.23. The SMILES string of the molecule is Cc1noc(C)c1S(=O)(=O)N1CCCC1C(=O)Nc1ccc(Cl)cc1Cl. The Morgan fingerprint density at radius 3 is 2.69 bits per heavy atom. The van der Waals surface area contributed by atoms with E-state index in [0.29, 0.717) is 23.6 Å². The Bertz CT molecular complexity index is 939. The first-order valence-corrected chi connectivity index (χ1v) is 10.1. The Hall–Kier alpha value is -1.61. The predicted molar refractivity (Wildman–Crippen MR) is 98.0 cm³/mol. The highest BCUT2D eigenvalue weighted by Crippen LogP contribution is 2.31. The topological polar surface area (TPSA) is 92.5 Å². The van der Waals surface area contributed by atoms with Gasteiger partial charge in [0, 0.05) is 11.6 Å². The van der Waals surface area contributed by atoms with Crippen molar-refractivity contribution in [3.05, 3.63) is 39.7 Å². The van der Waals surface area contributed by atoms with Gasteiger partial charge in [-0.05, 0) is 44.9 Å². The van der Waals surface area contributed by atoms with Crippen LogP contribution in [-0.4, -0.2) is 36.4 Å². The van der Waals surface area contributed by atoms with Gasteiger partial charge in [-0.1, -0.05) is 28.4 Å². The van der Waals surface area contributed by atoms with Crippen molar-refractivity contribution in [3.8, 4) is 0 Å². The number of rotatable bonds is 4. The number of anilines is 1. The van der Waals surface area contributed by atoms with Gasteiger partial charge in [0.1, 0.15) is 16.6 Å². The Morgan fingerprint density at radius 1 is 1.35 bits per heavy atom. The summed E-state index contributed by atoms with van der Waals surface area (Å²) in [6.07, 6.45) is 0.995. The quantitative estimate of drug-likeness (QED) is 0.822. The van der Waals surface area contributed by atoms with Gasteiger partial charge in [-0.25, -0.2) is 8.42 Å². The minimum absolute atomic E-state index is 0.0155. The molecule has 1 N–H and O–H groups in total. The molecular formula is C16H17Cl2N3O4S. The van der Waals surface area contributed by atoms with Crippen molar-refractivity contribution < 1.29 is 17.7 Å². The number of amides is 1. The van der Waals surface area contributed by atoms with Crippen LogP contribution in [-0.2, 0) is 14.8 Å². The first-order valence-electron chi connectivity index (χ1n) is 7.92. The number of carbonyl (C=O) groups excluding carboxylic acids is 1. The molecule has 1 atom stereocenters. The maximum Gasteiger partial charge on any atom is 0.249 e. The summed E-state index contributed by atoms with van der Waals surface area (Å²) in [4.78, 5) is 12.7. The highest BCUT2D eigenvalue weighted by Gasteiger charge is 2.42. The number of sulfonamides is 1. The smallest absolute Gasteiger partial charge is 0.249 e. The zero-order chi connectivity index (χ0) is 19.1. The van der Waals surface area contributed by atoms with Gasteiger partial charge in [-0.15, -0.1) is 0 Å². The third-order valence-corrected chi connectivity index (χ3v) is 6.93. The number of aryl methyl sites for hydroxylation is 2. The summed E-state index contributed by atoms with van der Waals surface area (Å²) in [5, 5.41) is 7.10. The molecule has 1 aliphatic rings. The van der Waals surface area contributed by atoms with Gasteiger partial charge in [0.25, 0.3) is 0 Å². The van der Waals surface area contributed by atoms with Crippen LogP contribution in [0.4, 0.5) is 5.69 Å². The number of carbonyl (C=O) groups is 1. The summed E-state index contributed by atoms with van der Waals surface area (Å²) < 4.78 is 32.2. The predicted octanol–water partition coefficient (Wildman–Crippen LogP) is 3.39. The zero-order valence-corrected chi connectivity index (χ0v) is 16.5. The molecule has 2 aromatic rings. The van der Waals surface area contributed by atoms with Gasteiger partial charge in [0.05, 0.1) is 10.7 Å². The molecule has 0 spiro atoms. The van der Waals surface area contributed by atoms with E-state index in [0.717, 1.165) is 0 Å². The number of aromatic nitrogens is 1. The number of benzene rings is 1. The van der Waals surface area contributed by atoms with Gasteiger partial charge in [-0.2, -0.15) is 4.31 Å². The van der Waals surface area contributed by atoms with Crippen molar-refractivity contribution in [1.82, 2.24) is 9.46 Å². The summed E-state index contributed by atoms with van der Waals surface area (Å²) in [7, 11) is -3.90. The van der Waals surface area contributed by atoms with E-state index in [1.807, 2.05) is 0 Å². The lowest BCUT2D eigenvalue weighted by atomic mass is 10.2. The van der Waals surface area contributed by atoms with Gasteiger partial charge in [0.15, 0.2) is 5.76 Å². The summed E-state index contributed by atoms with van der Waals surface area (Å²) >= 11 is 11.9. The zero-order valence-electron chi connectivity index (χ0n) is 14.1. The average molecular weight is 418 g/mol. The van der Waals surface area contributed by atoms with Crippen molar-refractivity contribution in [3.63, 3.8) is 0 Å². The van der Waals surface area contributed by atoms with Crippen LogP contribution in [0.15, 0.2) is 27.6 Å². The van der Waals surface area contributed by atoms with Crippen LogP contribution in [0.1, 0.15) is 24.3 Å². The molecule has 7 nitrogen and oxygen atoms in total. The van der Waals surface area contributed by atoms with Gasteiger partial charge in [0.2, 0.25) is 15.9 Å². The summed E-state index contributed by atoms with van der Waals surface area (Å²) in [6.45, 7) is 3.34. The van der Waals surface area contributed by atoms with Gasteiger partial charge in [-0.3, -0.25) is 4.79 Å². The summed E-state index contributed by atoms with van der Waals surface area (Å²) in [6, 6.07) is 3.84. The molecule has 26 heavy (non-hydrogen) atoms. The summed E-state index contributed by atoms with van der Waals surface area (Å²) in [5.41, 5.74) is 0.650. The molecule has 0 radical (unpaired) electrons. The second kappa shape index (κ2) is 7.19. The minimum atomic E-state index is -3.90. The van der Waals surface area contributed by atoms with Crippen LogP contribution >= 0.6 is 23.2 Å². The Morgan fingerprint density at radius 2 is 2.08 bits per heavy atom. The molecule has 10 heteroatoms. The van der Waals surface area contributed by atoms with E-state index >= 15 is 0 Å². The van der Waals surface area contributed by atoms with Crippen molar-refractivity contribution in [2.24, 2.45) is 0 Å². The summed E-state index contributed by atoms with van der Waals surface area (Å²) in [5.74, 6) is -0.239. The van der Waals surface area contributed by atoms with Crippen molar-refractivity contribution >= 4 is 44.8 Å². The van der Waals surface area contributed by atoms with Gasteiger partial charge >= 0.3 is 0 Å². The molecule has 1 saturated heterocycles. The Balaban J connectivity index is 1.87. The molecule has 1 aromatic carbocycles. The Kier molecular flexibility index (Phi) is 5.30. The molecule has 3 rings (SSSR count). The molecule has 0 saturated carbocycles. The van der Waals surface area contributed by atoms with Crippen LogP contribution in [0, 0.1) is 13.8 Å². The highest BCUT2D eigenvalue weighted by molar-refractivity contribution is 7.89. The van der Waals surface area contributed by atoms with E-state index in [2.05, 4.69) is 10.5 Å². The van der Waals surface area contributed by atoms with Crippen LogP contribution in [0.3, 0.4) is 0 Å². The molecule has 0 aliphatic carbocycles. The average Bonchev–Trinajstić information content (AvgIpc) is 3.17. The molecule has 1 amide bonds. The van der Waals surface area contributed by atoms with Crippen LogP contribution < -0.4 is 5.32 Å². The van der Waals surface area contributed by atoms with Crippen molar-refractivity contribution in [1.29, 1.82) is 0 Å². The van der Waals surface area contributed by atoms with E-state index in [1.54, 1.807) is 19.1 Å². The monoisotopic (exact) mass is 417 g/mol. The fourth-order valence-electron chi connectivity index (χ4n) is 3.06. The molecule has 1 fully saturated rings. The van der Waals surface area contributed by atoms with Gasteiger partial charge < -0.3 is 9.84 Å². The van der Waals surface area contributed by atoms with E-state index in [-0.39, 0.29) is 27.9 Å².